The van der Waals surface area contributed by atoms with E-state index in [0.29, 0.717) is 5.82 Å². The van der Waals surface area contributed by atoms with Gasteiger partial charge < -0.3 is 0 Å². The molecular weight excluding hydrogens is 691 g/mol. The standard InChI is InChI=1S/C54H37N3/c1-3-4-13-38-31-50(44-18-6-5-17-43(44)35(38)2)36-23-25-37(26-24-36)52-33-53(40-15-11-14-39(30-40)42-16-12-29-55-34-42)57-54(56-52)41-27-28-49-47-21-8-7-19-45(47)46-20-9-10-22-48(46)51(49)32-41/h3-34H,1H2,2H3/b13-4-. The summed E-state index contributed by atoms with van der Waals surface area (Å²) in [6.07, 6.45) is 9.66. The summed E-state index contributed by atoms with van der Waals surface area (Å²) in [7, 11) is 0. The van der Waals surface area contributed by atoms with Gasteiger partial charge in [0.1, 0.15) is 0 Å². The molecule has 10 aromatic rings. The zero-order valence-electron chi connectivity index (χ0n) is 31.5. The summed E-state index contributed by atoms with van der Waals surface area (Å²) < 4.78 is 0. The molecule has 3 heteroatoms. The molecule has 57 heavy (non-hydrogen) atoms. The average Bonchev–Trinajstić information content (AvgIpc) is 3.29. The van der Waals surface area contributed by atoms with E-state index in [4.69, 9.17) is 9.97 Å². The second kappa shape index (κ2) is 14.3. The van der Waals surface area contributed by atoms with Crippen LogP contribution < -0.4 is 0 Å². The molecule has 0 saturated carbocycles. The topological polar surface area (TPSA) is 38.7 Å². The Kier molecular flexibility index (Phi) is 8.54. The molecule has 0 aliphatic carbocycles. The van der Waals surface area contributed by atoms with E-state index in [1.54, 1.807) is 6.20 Å². The Hall–Kier alpha value is -7.49. The maximum atomic E-state index is 5.30. The van der Waals surface area contributed by atoms with Crippen LogP contribution in [0.15, 0.2) is 195 Å². The highest BCUT2D eigenvalue weighted by atomic mass is 14.9. The average molecular weight is 728 g/mol. The summed E-state index contributed by atoms with van der Waals surface area (Å²) in [5.41, 5.74) is 11.7. The molecule has 0 saturated heterocycles. The van der Waals surface area contributed by atoms with E-state index >= 15 is 0 Å². The quantitative estimate of drug-likeness (QED) is 0.121. The van der Waals surface area contributed by atoms with Gasteiger partial charge in [-0.2, -0.15) is 0 Å². The number of fused-ring (bicyclic) bond motifs is 7. The number of allylic oxidation sites excluding steroid dienone is 2. The van der Waals surface area contributed by atoms with Crippen molar-refractivity contribution in [2.75, 3.05) is 0 Å². The zero-order chi connectivity index (χ0) is 38.3. The molecule has 0 aliphatic rings. The molecule has 0 bridgehead atoms. The maximum absolute atomic E-state index is 5.30. The molecule has 0 unspecified atom stereocenters. The molecule has 10 rings (SSSR count). The van der Waals surface area contributed by atoms with Gasteiger partial charge in [0.25, 0.3) is 0 Å². The van der Waals surface area contributed by atoms with Crippen LogP contribution in [0, 0.1) is 6.92 Å². The molecule has 3 nitrogen and oxygen atoms in total. The van der Waals surface area contributed by atoms with Crippen LogP contribution in [0.25, 0.3) is 105 Å². The van der Waals surface area contributed by atoms with Crippen molar-refractivity contribution in [2.24, 2.45) is 0 Å². The van der Waals surface area contributed by atoms with Crippen LogP contribution >= 0.6 is 0 Å². The lowest BCUT2D eigenvalue weighted by atomic mass is 9.91. The highest BCUT2D eigenvalue weighted by Gasteiger charge is 2.16. The summed E-state index contributed by atoms with van der Waals surface area (Å²) in [5.74, 6) is 0.681. The van der Waals surface area contributed by atoms with Gasteiger partial charge in [-0.05, 0) is 108 Å². The minimum Gasteiger partial charge on any atom is -0.264 e. The molecule has 268 valence electrons. The van der Waals surface area contributed by atoms with E-state index in [0.717, 1.165) is 44.8 Å². The van der Waals surface area contributed by atoms with Crippen LogP contribution in [0.2, 0.25) is 0 Å². The second-order valence-corrected chi connectivity index (χ2v) is 14.5. The molecule has 0 aliphatic heterocycles. The predicted molar refractivity (Wildman–Crippen MR) is 241 cm³/mol. The number of aromatic nitrogens is 3. The van der Waals surface area contributed by atoms with E-state index < -0.39 is 0 Å². The van der Waals surface area contributed by atoms with Gasteiger partial charge in [-0.25, -0.2) is 9.97 Å². The number of pyridine rings is 1. The van der Waals surface area contributed by atoms with E-state index in [-0.39, 0.29) is 0 Å². The highest BCUT2D eigenvalue weighted by molar-refractivity contribution is 6.25. The second-order valence-electron chi connectivity index (χ2n) is 14.5. The Morgan fingerprint density at radius 2 is 1.02 bits per heavy atom. The third-order valence-corrected chi connectivity index (χ3v) is 11.1. The van der Waals surface area contributed by atoms with Crippen LogP contribution in [0.4, 0.5) is 0 Å². The Morgan fingerprint density at radius 1 is 0.439 bits per heavy atom. The summed E-state index contributed by atoms with van der Waals surface area (Å²) in [4.78, 5) is 15.0. The Labute approximate surface area is 332 Å². The van der Waals surface area contributed by atoms with Gasteiger partial charge in [0, 0.05) is 34.6 Å². The molecule has 0 fully saturated rings. The molecule has 0 atom stereocenters. The van der Waals surface area contributed by atoms with Gasteiger partial charge in [0.05, 0.1) is 11.4 Å². The largest absolute Gasteiger partial charge is 0.264 e. The number of aryl methyl sites for hydroxylation is 1. The lowest BCUT2D eigenvalue weighted by Gasteiger charge is -2.14. The first-order chi connectivity index (χ1) is 28.1. The van der Waals surface area contributed by atoms with Gasteiger partial charge >= 0.3 is 0 Å². The maximum Gasteiger partial charge on any atom is 0.160 e. The lowest BCUT2D eigenvalue weighted by molar-refractivity contribution is 1.18. The zero-order valence-corrected chi connectivity index (χ0v) is 31.5. The molecule has 0 amide bonds. The molecule has 2 heterocycles. The molecule has 8 aromatic carbocycles. The molecule has 0 N–H and O–H groups in total. The van der Waals surface area contributed by atoms with Crippen LogP contribution in [0.1, 0.15) is 11.1 Å². The van der Waals surface area contributed by atoms with Crippen molar-refractivity contribution in [2.45, 2.75) is 6.92 Å². The summed E-state index contributed by atoms with van der Waals surface area (Å²) in [5, 5.41) is 9.85. The molecular formula is C54H37N3. The first-order valence-corrected chi connectivity index (χ1v) is 19.3. The van der Waals surface area contributed by atoms with E-state index in [2.05, 4.69) is 182 Å². The SMILES string of the molecule is C=C/C=C\c1cc(-c2ccc(-c3cc(-c4cccc(-c5cccnc5)c4)nc(-c4ccc5c6ccccc6c6ccccc6c5c4)n3)cc2)c2ccccc2c1C. The van der Waals surface area contributed by atoms with Crippen LogP contribution in [0.3, 0.4) is 0 Å². The van der Waals surface area contributed by atoms with Crippen molar-refractivity contribution < 1.29 is 0 Å². The Bertz CT molecular complexity index is 3160. The van der Waals surface area contributed by atoms with E-state index in [1.165, 1.54) is 59.8 Å². The third kappa shape index (κ3) is 6.16. The monoisotopic (exact) mass is 727 g/mol. The number of nitrogens with zero attached hydrogens (tertiary/aromatic N) is 3. The lowest BCUT2D eigenvalue weighted by Crippen LogP contribution is -1.97. The highest BCUT2D eigenvalue weighted by Crippen LogP contribution is 2.39. The van der Waals surface area contributed by atoms with Crippen LogP contribution in [-0.2, 0) is 0 Å². The van der Waals surface area contributed by atoms with Gasteiger partial charge in [-0.1, -0.05) is 158 Å². The van der Waals surface area contributed by atoms with Crippen LogP contribution in [-0.4, -0.2) is 15.0 Å². The van der Waals surface area contributed by atoms with Gasteiger partial charge in [-0.3, -0.25) is 4.98 Å². The number of benzene rings is 8. The fourth-order valence-corrected chi connectivity index (χ4v) is 8.26. The summed E-state index contributed by atoms with van der Waals surface area (Å²) >= 11 is 0. The van der Waals surface area contributed by atoms with Crippen molar-refractivity contribution in [1.82, 2.24) is 15.0 Å². The normalized spacial score (nSPS) is 11.6. The minimum atomic E-state index is 0.681. The third-order valence-electron chi connectivity index (χ3n) is 11.1. The smallest absolute Gasteiger partial charge is 0.160 e. The van der Waals surface area contributed by atoms with Crippen molar-refractivity contribution in [3.8, 4) is 56.2 Å². The number of rotatable bonds is 7. The minimum absolute atomic E-state index is 0.681. The van der Waals surface area contributed by atoms with Gasteiger partial charge in [0.2, 0.25) is 0 Å². The Balaban J connectivity index is 1.14. The van der Waals surface area contributed by atoms with Gasteiger partial charge in [-0.15, -0.1) is 0 Å². The molecule has 0 spiro atoms. The van der Waals surface area contributed by atoms with E-state index in [1.807, 2.05) is 24.4 Å². The van der Waals surface area contributed by atoms with Gasteiger partial charge in [0.15, 0.2) is 5.82 Å². The molecule has 0 radical (unpaired) electrons. The first kappa shape index (κ1) is 34.0. The fraction of sp³-hybridized carbons (Fsp3) is 0.0185. The number of hydrogen-bond acceptors (Lipinski definition) is 3. The van der Waals surface area contributed by atoms with E-state index in [9.17, 15) is 0 Å². The first-order valence-electron chi connectivity index (χ1n) is 19.3. The van der Waals surface area contributed by atoms with Crippen molar-refractivity contribution in [3.05, 3.63) is 206 Å². The number of hydrogen-bond donors (Lipinski definition) is 0. The van der Waals surface area contributed by atoms with Crippen molar-refractivity contribution in [3.63, 3.8) is 0 Å². The predicted octanol–water partition coefficient (Wildman–Crippen LogP) is 14.3. The van der Waals surface area contributed by atoms with Crippen molar-refractivity contribution in [1.29, 1.82) is 0 Å². The fourth-order valence-electron chi connectivity index (χ4n) is 8.26. The molecule has 2 aromatic heterocycles. The van der Waals surface area contributed by atoms with Crippen molar-refractivity contribution >= 4 is 49.2 Å². The summed E-state index contributed by atoms with van der Waals surface area (Å²) in [6.45, 7) is 6.08. The Morgan fingerprint density at radius 3 is 1.70 bits per heavy atom. The summed E-state index contributed by atoms with van der Waals surface area (Å²) in [6, 6.07) is 58.5. The van der Waals surface area contributed by atoms with Crippen LogP contribution in [0.5, 0.6) is 0 Å².